The molecule has 0 saturated heterocycles. The molecule has 166 valence electrons. The number of nitrogens with zero attached hydrogens (tertiary/aromatic N) is 2. The summed E-state index contributed by atoms with van der Waals surface area (Å²) in [6.07, 6.45) is 8.83. The Kier molecular flexibility index (Phi) is 6.84. The number of amides is 2. The summed E-state index contributed by atoms with van der Waals surface area (Å²) in [5, 5.41) is 3.15. The number of furan rings is 1. The maximum Gasteiger partial charge on any atom is 0.290 e. The Balaban J connectivity index is 1.72. The van der Waals surface area contributed by atoms with Crippen LogP contribution in [0, 0.1) is 0 Å². The van der Waals surface area contributed by atoms with Gasteiger partial charge in [-0.3, -0.25) is 14.6 Å². The molecular weight excluding hydrogens is 406 g/mol. The smallest absolute Gasteiger partial charge is 0.290 e. The minimum absolute atomic E-state index is 0.124. The minimum atomic E-state index is -0.854. The first kappa shape index (κ1) is 21.6. The summed E-state index contributed by atoms with van der Waals surface area (Å²) in [6.45, 7) is 0.203. The van der Waals surface area contributed by atoms with Crippen molar-refractivity contribution in [1.82, 2.24) is 15.2 Å². The lowest BCUT2D eigenvalue weighted by atomic mass is 10.0. The van der Waals surface area contributed by atoms with Crippen LogP contribution in [0.3, 0.4) is 0 Å². The molecule has 0 unspecified atom stereocenters. The van der Waals surface area contributed by atoms with Gasteiger partial charge in [0.1, 0.15) is 11.8 Å². The Morgan fingerprint density at radius 3 is 2.72 bits per heavy atom. The van der Waals surface area contributed by atoms with E-state index in [-0.39, 0.29) is 30.2 Å². The first-order valence-electron chi connectivity index (χ1n) is 10.8. The number of carbonyl (C=O) groups is 2. The fourth-order valence-corrected chi connectivity index (χ4v) is 4.15. The van der Waals surface area contributed by atoms with Crippen molar-refractivity contribution in [2.45, 2.75) is 44.3 Å². The van der Waals surface area contributed by atoms with Crippen LogP contribution in [0.25, 0.3) is 0 Å². The van der Waals surface area contributed by atoms with E-state index in [4.69, 9.17) is 9.15 Å². The predicted molar refractivity (Wildman–Crippen MR) is 119 cm³/mol. The van der Waals surface area contributed by atoms with Crippen LogP contribution in [0.15, 0.2) is 71.6 Å². The standard InChI is InChI=1S/C25H27N3O4/c1-31-21-11-4-7-18(15-21)17-28(25(30)22-12-6-14-32-22)23(19-8-5-13-26-16-19)24(29)27-20-9-2-3-10-20/h4-8,11-16,20,23H,2-3,9-10,17H2,1H3,(H,27,29)/t23-/m1/s1. The molecule has 1 fully saturated rings. The van der Waals surface area contributed by atoms with Gasteiger partial charge in [0.15, 0.2) is 5.76 Å². The van der Waals surface area contributed by atoms with Crippen LogP contribution in [0.5, 0.6) is 5.75 Å². The third-order valence-electron chi connectivity index (χ3n) is 5.74. The van der Waals surface area contributed by atoms with Crippen LogP contribution < -0.4 is 10.1 Å². The Hall–Kier alpha value is -3.61. The molecule has 2 aromatic heterocycles. The highest BCUT2D eigenvalue weighted by atomic mass is 16.5. The molecule has 1 aliphatic carbocycles. The van der Waals surface area contributed by atoms with Gasteiger partial charge in [0.2, 0.25) is 5.91 Å². The lowest BCUT2D eigenvalue weighted by Crippen LogP contribution is -2.45. The van der Waals surface area contributed by atoms with Crippen molar-refractivity contribution in [3.63, 3.8) is 0 Å². The first-order chi connectivity index (χ1) is 15.7. The zero-order valence-corrected chi connectivity index (χ0v) is 18.1. The summed E-state index contributed by atoms with van der Waals surface area (Å²) in [4.78, 5) is 32.8. The number of pyridine rings is 1. The Labute approximate surface area is 187 Å². The number of hydrogen-bond donors (Lipinski definition) is 1. The number of methoxy groups -OCH3 is 1. The molecular formula is C25H27N3O4. The van der Waals surface area contributed by atoms with Gasteiger partial charge in [0, 0.05) is 30.5 Å². The molecule has 32 heavy (non-hydrogen) atoms. The van der Waals surface area contributed by atoms with Gasteiger partial charge >= 0.3 is 0 Å². The van der Waals surface area contributed by atoms with Crippen LogP contribution >= 0.6 is 0 Å². The molecule has 7 heteroatoms. The predicted octanol–water partition coefficient (Wildman–Crippen LogP) is 4.13. The van der Waals surface area contributed by atoms with Crippen molar-refractivity contribution >= 4 is 11.8 Å². The molecule has 1 saturated carbocycles. The summed E-state index contributed by atoms with van der Waals surface area (Å²) >= 11 is 0. The molecule has 4 rings (SSSR count). The van der Waals surface area contributed by atoms with Crippen molar-refractivity contribution in [3.05, 3.63) is 84.1 Å². The second-order valence-electron chi connectivity index (χ2n) is 7.94. The number of rotatable bonds is 8. The molecule has 1 N–H and O–H groups in total. The topological polar surface area (TPSA) is 84.7 Å². The average molecular weight is 434 g/mol. The van der Waals surface area contributed by atoms with Crippen LogP contribution in [-0.4, -0.2) is 34.8 Å². The largest absolute Gasteiger partial charge is 0.497 e. The molecule has 2 heterocycles. The number of benzene rings is 1. The molecule has 0 spiro atoms. The molecule has 2 amide bonds. The Morgan fingerprint density at radius 1 is 1.19 bits per heavy atom. The fourth-order valence-electron chi connectivity index (χ4n) is 4.15. The molecule has 3 aromatic rings. The first-order valence-corrected chi connectivity index (χ1v) is 10.8. The van der Waals surface area contributed by atoms with Gasteiger partial charge in [-0.25, -0.2) is 0 Å². The minimum Gasteiger partial charge on any atom is -0.497 e. The lowest BCUT2D eigenvalue weighted by Gasteiger charge is -2.31. The molecule has 1 aliphatic rings. The Bertz CT molecular complexity index is 1030. The van der Waals surface area contributed by atoms with E-state index in [1.807, 2.05) is 30.3 Å². The second kappa shape index (κ2) is 10.1. The van der Waals surface area contributed by atoms with Gasteiger partial charge in [-0.05, 0) is 48.7 Å². The summed E-state index contributed by atoms with van der Waals surface area (Å²) in [5.74, 6) is 0.276. The highest BCUT2D eigenvalue weighted by Gasteiger charge is 2.34. The average Bonchev–Trinajstić information content (AvgIpc) is 3.54. The summed E-state index contributed by atoms with van der Waals surface area (Å²) in [7, 11) is 1.60. The maximum atomic E-state index is 13.5. The van der Waals surface area contributed by atoms with Crippen molar-refractivity contribution in [3.8, 4) is 5.75 Å². The Morgan fingerprint density at radius 2 is 2.03 bits per heavy atom. The third kappa shape index (κ3) is 4.99. The van der Waals surface area contributed by atoms with Crippen LogP contribution in [0.4, 0.5) is 0 Å². The van der Waals surface area contributed by atoms with Crippen molar-refractivity contribution in [2.24, 2.45) is 0 Å². The second-order valence-corrected chi connectivity index (χ2v) is 7.94. The summed E-state index contributed by atoms with van der Waals surface area (Å²) in [6, 6.07) is 13.6. The molecule has 0 bridgehead atoms. The highest BCUT2D eigenvalue weighted by molar-refractivity contribution is 5.96. The van der Waals surface area contributed by atoms with Gasteiger partial charge in [0.05, 0.1) is 13.4 Å². The number of ether oxygens (including phenoxy) is 1. The highest BCUT2D eigenvalue weighted by Crippen LogP contribution is 2.28. The van der Waals surface area contributed by atoms with Gasteiger partial charge in [-0.15, -0.1) is 0 Å². The van der Waals surface area contributed by atoms with Crippen molar-refractivity contribution in [1.29, 1.82) is 0 Å². The van der Waals surface area contributed by atoms with Gasteiger partial charge < -0.3 is 19.4 Å². The van der Waals surface area contributed by atoms with Gasteiger partial charge in [-0.2, -0.15) is 0 Å². The molecule has 0 aliphatic heterocycles. The quantitative estimate of drug-likeness (QED) is 0.578. The SMILES string of the molecule is COc1cccc(CN(C(=O)c2ccco2)[C@@H](C(=O)NC2CCCC2)c2cccnc2)c1. The lowest BCUT2D eigenvalue weighted by molar-refractivity contribution is -0.126. The van der Waals surface area contributed by atoms with Gasteiger partial charge in [-0.1, -0.05) is 31.0 Å². The monoisotopic (exact) mass is 433 g/mol. The summed E-state index contributed by atoms with van der Waals surface area (Å²) < 4.78 is 10.7. The number of hydrogen-bond acceptors (Lipinski definition) is 5. The van der Waals surface area contributed by atoms with E-state index < -0.39 is 6.04 Å². The van der Waals surface area contributed by atoms with E-state index in [0.717, 1.165) is 31.2 Å². The van der Waals surface area contributed by atoms with Crippen LogP contribution in [-0.2, 0) is 11.3 Å². The number of nitrogens with one attached hydrogen (secondary N) is 1. The molecule has 1 aromatic carbocycles. The van der Waals surface area contributed by atoms with Gasteiger partial charge in [0.25, 0.3) is 5.91 Å². The zero-order valence-electron chi connectivity index (χ0n) is 18.1. The van der Waals surface area contributed by atoms with E-state index >= 15 is 0 Å². The molecule has 7 nitrogen and oxygen atoms in total. The van der Waals surface area contributed by atoms with Crippen molar-refractivity contribution in [2.75, 3.05) is 7.11 Å². The van der Waals surface area contributed by atoms with E-state index in [1.165, 1.54) is 11.2 Å². The molecule has 0 radical (unpaired) electrons. The van der Waals surface area contributed by atoms with E-state index in [2.05, 4.69) is 10.3 Å². The third-order valence-corrected chi connectivity index (χ3v) is 5.74. The number of carbonyl (C=O) groups excluding carboxylic acids is 2. The van der Waals surface area contributed by atoms with E-state index in [9.17, 15) is 9.59 Å². The number of aromatic nitrogens is 1. The van der Waals surface area contributed by atoms with Crippen molar-refractivity contribution < 1.29 is 18.7 Å². The maximum absolute atomic E-state index is 13.5. The van der Waals surface area contributed by atoms with Crippen LogP contribution in [0.1, 0.15) is 53.4 Å². The summed E-state index contributed by atoms with van der Waals surface area (Å²) in [5.41, 5.74) is 1.48. The normalized spacial score (nSPS) is 14.7. The van der Waals surface area contributed by atoms with Crippen LogP contribution in [0.2, 0.25) is 0 Å². The molecule has 1 atom stereocenters. The zero-order chi connectivity index (χ0) is 22.3. The fraction of sp³-hybridized carbons (Fsp3) is 0.320. The van der Waals surface area contributed by atoms with E-state index in [1.54, 1.807) is 37.7 Å². The van der Waals surface area contributed by atoms with E-state index in [0.29, 0.717) is 11.3 Å².